The fourth-order valence-electron chi connectivity index (χ4n) is 2.94. The second-order valence-electron chi connectivity index (χ2n) is 6.63. The molecular formula is C19H17F3N4O4S. The molecule has 0 atom stereocenters. The molecule has 0 radical (unpaired) electrons. The molecule has 0 saturated carbocycles. The Morgan fingerprint density at radius 1 is 1.32 bits per heavy atom. The van der Waals surface area contributed by atoms with Gasteiger partial charge in [-0.25, -0.2) is 4.79 Å². The van der Waals surface area contributed by atoms with Crippen LogP contribution < -0.4 is 5.32 Å². The number of fused-ring (bicyclic) bond motifs is 1. The Labute approximate surface area is 178 Å². The normalized spacial score (nSPS) is 13.2. The second-order valence-corrected chi connectivity index (χ2v) is 7.54. The smallest absolute Gasteiger partial charge is 0.475 e. The van der Waals surface area contributed by atoms with Gasteiger partial charge in [-0.3, -0.25) is 9.78 Å². The minimum Gasteiger partial charge on any atom is -0.475 e. The van der Waals surface area contributed by atoms with E-state index in [2.05, 4.69) is 20.4 Å². The summed E-state index contributed by atoms with van der Waals surface area (Å²) in [6.07, 6.45) is -2.25. The van der Waals surface area contributed by atoms with E-state index in [4.69, 9.17) is 14.4 Å². The lowest BCUT2D eigenvalue weighted by Gasteiger charge is -2.19. The maximum atomic E-state index is 11.5. The van der Waals surface area contributed by atoms with E-state index in [-0.39, 0.29) is 5.78 Å². The number of aromatic nitrogens is 3. The number of carbonyl (C=O) groups excluding carboxylic acids is 1. The summed E-state index contributed by atoms with van der Waals surface area (Å²) in [4.78, 5) is 30.1. The molecule has 1 aliphatic heterocycles. The van der Waals surface area contributed by atoms with E-state index >= 15 is 0 Å². The van der Waals surface area contributed by atoms with Crippen molar-refractivity contribution in [2.24, 2.45) is 0 Å². The number of aryl methyl sites for hydroxylation is 1. The van der Waals surface area contributed by atoms with E-state index in [1.807, 2.05) is 18.5 Å². The molecule has 3 aromatic rings. The number of alkyl halides is 3. The molecule has 0 spiro atoms. The Bertz CT molecular complexity index is 1120. The molecule has 0 unspecified atom stereocenters. The molecule has 0 bridgehead atoms. The topological polar surface area (TPSA) is 118 Å². The van der Waals surface area contributed by atoms with Crippen LogP contribution in [0.3, 0.4) is 0 Å². The monoisotopic (exact) mass is 454 g/mol. The molecule has 164 valence electrons. The fourth-order valence-corrected chi connectivity index (χ4v) is 3.73. The molecule has 12 heteroatoms. The highest BCUT2D eigenvalue weighted by molar-refractivity contribution is 7.12. The zero-order valence-corrected chi connectivity index (χ0v) is 17.2. The first-order valence-electron chi connectivity index (χ1n) is 9.00. The van der Waals surface area contributed by atoms with Crippen LogP contribution in [-0.4, -0.2) is 44.7 Å². The number of carboxylic acid groups (broad SMARTS) is 1. The lowest BCUT2D eigenvalue weighted by atomic mass is 9.95. The van der Waals surface area contributed by atoms with Crippen molar-refractivity contribution in [3.8, 4) is 22.8 Å². The van der Waals surface area contributed by atoms with Crippen molar-refractivity contribution in [2.75, 3.05) is 6.54 Å². The molecule has 0 fully saturated rings. The lowest BCUT2D eigenvalue weighted by Crippen LogP contribution is -2.24. The number of thiophene rings is 1. The molecule has 2 N–H and O–H groups in total. The number of ketones is 1. The van der Waals surface area contributed by atoms with Gasteiger partial charge in [0.2, 0.25) is 5.82 Å². The number of Topliss-reactive ketones (excluding diaryl/α,β-unsaturated/α-hetero) is 1. The van der Waals surface area contributed by atoms with Gasteiger partial charge in [0, 0.05) is 29.4 Å². The number of carboxylic acids is 1. The average Bonchev–Trinajstić information content (AvgIpc) is 3.37. The predicted molar refractivity (Wildman–Crippen MR) is 105 cm³/mol. The van der Waals surface area contributed by atoms with Crippen LogP contribution in [0, 0.1) is 6.92 Å². The largest absolute Gasteiger partial charge is 0.490 e. The fraction of sp³-hybridized carbons (Fsp3) is 0.316. The van der Waals surface area contributed by atoms with Gasteiger partial charge in [-0.15, -0.1) is 11.3 Å². The van der Waals surface area contributed by atoms with Gasteiger partial charge in [-0.1, -0.05) is 5.16 Å². The van der Waals surface area contributed by atoms with Crippen molar-refractivity contribution in [3.05, 3.63) is 39.3 Å². The van der Waals surface area contributed by atoms with Crippen molar-refractivity contribution < 1.29 is 32.4 Å². The molecule has 4 rings (SSSR count). The molecule has 4 heterocycles. The van der Waals surface area contributed by atoms with Gasteiger partial charge >= 0.3 is 12.1 Å². The lowest BCUT2D eigenvalue weighted by molar-refractivity contribution is -0.192. The van der Waals surface area contributed by atoms with Crippen molar-refractivity contribution in [3.63, 3.8) is 0 Å². The van der Waals surface area contributed by atoms with Crippen LogP contribution in [0.15, 0.2) is 22.2 Å². The van der Waals surface area contributed by atoms with Gasteiger partial charge in [-0.05, 0) is 44.0 Å². The summed E-state index contributed by atoms with van der Waals surface area (Å²) in [5, 5.41) is 16.5. The number of rotatable bonds is 3. The number of hydrogen-bond donors (Lipinski definition) is 2. The molecule has 0 amide bonds. The van der Waals surface area contributed by atoms with Crippen molar-refractivity contribution in [1.82, 2.24) is 20.4 Å². The number of halogens is 3. The first-order chi connectivity index (χ1) is 14.6. The highest BCUT2D eigenvalue weighted by Crippen LogP contribution is 2.31. The highest BCUT2D eigenvalue weighted by atomic mass is 32.1. The van der Waals surface area contributed by atoms with Crippen LogP contribution in [-0.2, 0) is 17.8 Å². The molecule has 8 nitrogen and oxygen atoms in total. The third-order valence-corrected chi connectivity index (χ3v) is 5.45. The number of aliphatic carboxylic acids is 1. The molecule has 0 aromatic carbocycles. The van der Waals surface area contributed by atoms with E-state index < -0.39 is 12.1 Å². The second kappa shape index (κ2) is 8.94. The summed E-state index contributed by atoms with van der Waals surface area (Å²) in [6.45, 7) is 5.26. The SMILES string of the molecule is CC(=O)c1cc(-c2nc(-c3c(C)ncc4c3CCNC4)no2)cs1.O=C(O)C(F)(F)F. The summed E-state index contributed by atoms with van der Waals surface area (Å²) >= 11 is 1.39. The Kier molecular flexibility index (Phi) is 6.51. The molecule has 1 aliphatic rings. The maximum absolute atomic E-state index is 11.5. The standard InChI is InChI=1S/C17H16N4O2S.C2HF3O2/c1-9-15(13-3-4-18-6-12(13)7-19-9)16-20-17(23-21-16)11-5-14(10(2)22)24-8-11;3-2(4,5)1(6)7/h5,7-8,18H,3-4,6H2,1-2H3;(H,6,7). The Morgan fingerprint density at radius 3 is 2.65 bits per heavy atom. The zero-order valence-electron chi connectivity index (χ0n) is 16.4. The van der Waals surface area contributed by atoms with E-state index in [0.29, 0.717) is 16.6 Å². The van der Waals surface area contributed by atoms with Crippen molar-refractivity contribution >= 4 is 23.1 Å². The number of pyridine rings is 1. The van der Waals surface area contributed by atoms with Gasteiger partial charge in [0.1, 0.15) is 0 Å². The zero-order chi connectivity index (χ0) is 22.8. The minimum atomic E-state index is -5.08. The first kappa shape index (κ1) is 22.6. The van der Waals surface area contributed by atoms with E-state index in [9.17, 15) is 18.0 Å². The van der Waals surface area contributed by atoms with E-state index in [1.165, 1.54) is 22.5 Å². The molecule has 0 aliphatic carbocycles. The highest BCUT2D eigenvalue weighted by Gasteiger charge is 2.38. The van der Waals surface area contributed by atoms with E-state index in [0.717, 1.165) is 36.3 Å². The molecule has 3 aromatic heterocycles. The van der Waals surface area contributed by atoms with Crippen LogP contribution in [0.5, 0.6) is 0 Å². The first-order valence-corrected chi connectivity index (χ1v) is 9.88. The van der Waals surface area contributed by atoms with Gasteiger partial charge in [0.15, 0.2) is 5.78 Å². The Morgan fingerprint density at radius 2 is 2.03 bits per heavy atom. The van der Waals surface area contributed by atoms with Crippen LogP contribution >= 0.6 is 11.3 Å². The van der Waals surface area contributed by atoms with Gasteiger partial charge < -0.3 is 14.9 Å². The number of nitrogens with one attached hydrogen (secondary N) is 1. The summed E-state index contributed by atoms with van der Waals surface area (Å²) in [6, 6.07) is 1.79. The summed E-state index contributed by atoms with van der Waals surface area (Å²) in [7, 11) is 0. The Balaban J connectivity index is 0.000000339. The van der Waals surface area contributed by atoms with E-state index in [1.54, 1.807) is 13.0 Å². The quantitative estimate of drug-likeness (QED) is 0.576. The van der Waals surface area contributed by atoms with Crippen molar-refractivity contribution in [2.45, 2.75) is 33.0 Å². The third kappa shape index (κ3) is 5.14. The number of hydrogen-bond acceptors (Lipinski definition) is 8. The maximum Gasteiger partial charge on any atom is 0.490 e. The van der Waals surface area contributed by atoms with Gasteiger partial charge in [-0.2, -0.15) is 18.2 Å². The third-order valence-electron chi connectivity index (χ3n) is 4.42. The van der Waals surface area contributed by atoms with Crippen LogP contribution in [0.2, 0.25) is 0 Å². The number of carbonyl (C=O) groups is 2. The Hall–Kier alpha value is -3.12. The summed E-state index contributed by atoms with van der Waals surface area (Å²) < 4.78 is 37.2. The van der Waals surface area contributed by atoms with Crippen LogP contribution in [0.25, 0.3) is 22.8 Å². The average molecular weight is 454 g/mol. The molecule has 0 saturated heterocycles. The van der Waals surface area contributed by atoms with Crippen LogP contribution in [0.4, 0.5) is 13.2 Å². The van der Waals surface area contributed by atoms with Crippen molar-refractivity contribution in [1.29, 1.82) is 0 Å². The number of nitrogens with zero attached hydrogens (tertiary/aromatic N) is 3. The van der Waals surface area contributed by atoms with Crippen LogP contribution in [0.1, 0.15) is 33.4 Å². The summed E-state index contributed by atoms with van der Waals surface area (Å²) in [5.74, 6) is -1.73. The van der Waals surface area contributed by atoms with Gasteiger partial charge in [0.05, 0.1) is 10.4 Å². The minimum absolute atomic E-state index is 0.0377. The van der Waals surface area contributed by atoms with Gasteiger partial charge in [0.25, 0.3) is 5.89 Å². The summed E-state index contributed by atoms with van der Waals surface area (Å²) in [5.41, 5.74) is 5.07. The predicted octanol–water partition coefficient (Wildman–Crippen LogP) is 3.65. The molecular weight excluding hydrogens is 437 g/mol. The molecule has 31 heavy (non-hydrogen) atoms.